The van der Waals surface area contributed by atoms with E-state index >= 15 is 0 Å². The van der Waals surface area contributed by atoms with Gasteiger partial charge in [-0.3, -0.25) is 4.79 Å². The molecule has 0 aliphatic carbocycles. The fourth-order valence-corrected chi connectivity index (χ4v) is 3.54. The number of nitrogens with one attached hydrogen (secondary N) is 1. The van der Waals surface area contributed by atoms with Crippen molar-refractivity contribution in [3.05, 3.63) is 100 Å². The zero-order valence-corrected chi connectivity index (χ0v) is 15.9. The minimum absolute atomic E-state index is 0.190. The Hall–Kier alpha value is -3.40. The molecule has 140 valence electrons. The van der Waals surface area contributed by atoms with Crippen molar-refractivity contribution < 1.29 is 14.3 Å². The van der Waals surface area contributed by atoms with Crippen LogP contribution in [0.5, 0.6) is 0 Å². The second kappa shape index (κ2) is 7.31. The molecule has 1 atom stereocenters. The SMILES string of the molecule is Cc1ccc(NC(=O)c2ccc3c(c2)C[C@H](c2ccccc2)OC3=O)c(C)c1. The summed E-state index contributed by atoms with van der Waals surface area (Å²) in [6.07, 6.45) is 0.217. The molecule has 1 aliphatic heterocycles. The van der Waals surface area contributed by atoms with Crippen molar-refractivity contribution in [2.75, 3.05) is 5.32 Å². The monoisotopic (exact) mass is 371 g/mol. The predicted molar refractivity (Wildman–Crippen MR) is 109 cm³/mol. The zero-order valence-electron chi connectivity index (χ0n) is 15.9. The maximum atomic E-state index is 12.7. The number of esters is 1. The van der Waals surface area contributed by atoms with Gasteiger partial charge in [0.25, 0.3) is 5.91 Å². The summed E-state index contributed by atoms with van der Waals surface area (Å²) in [5.41, 5.74) is 5.78. The van der Waals surface area contributed by atoms with E-state index in [1.165, 1.54) is 0 Å². The molecule has 1 heterocycles. The summed E-state index contributed by atoms with van der Waals surface area (Å²) < 4.78 is 5.58. The molecule has 0 bridgehead atoms. The summed E-state index contributed by atoms with van der Waals surface area (Å²) in [6, 6.07) is 20.7. The number of hydrogen-bond acceptors (Lipinski definition) is 3. The van der Waals surface area contributed by atoms with Crippen molar-refractivity contribution >= 4 is 17.6 Å². The fourth-order valence-electron chi connectivity index (χ4n) is 3.54. The topological polar surface area (TPSA) is 55.4 Å². The molecular weight excluding hydrogens is 350 g/mol. The van der Waals surface area contributed by atoms with E-state index in [4.69, 9.17) is 4.74 Å². The van der Waals surface area contributed by atoms with Crippen LogP contribution < -0.4 is 5.32 Å². The molecule has 0 radical (unpaired) electrons. The van der Waals surface area contributed by atoms with Crippen molar-refractivity contribution in [1.29, 1.82) is 0 Å². The van der Waals surface area contributed by atoms with E-state index in [0.717, 1.165) is 27.9 Å². The van der Waals surface area contributed by atoms with Gasteiger partial charge in [0, 0.05) is 17.7 Å². The first-order valence-electron chi connectivity index (χ1n) is 9.29. The second-order valence-electron chi connectivity index (χ2n) is 7.15. The standard InChI is InChI=1S/C24H21NO3/c1-15-8-11-21(16(2)12-15)25-23(26)18-9-10-20-19(13-18)14-22(28-24(20)27)17-6-4-3-5-7-17/h3-13,22H,14H2,1-2H3,(H,25,26)/t22-/m1/s1. The Morgan fingerprint density at radius 1 is 1.00 bits per heavy atom. The van der Waals surface area contributed by atoms with Gasteiger partial charge in [-0.25, -0.2) is 4.79 Å². The van der Waals surface area contributed by atoms with E-state index in [9.17, 15) is 9.59 Å². The van der Waals surface area contributed by atoms with E-state index in [1.54, 1.807) is 18.2 Å². The van der Waals surface area contributed by atoms with Gasteiger partial charge in [-0.15, -0.1) is 0 Å². The van der Waals surface area contributed by atoms with E-state index in [2.05, 4.69) is 5.32 Å². The van der Waals surface area contributed by atoms with E-state index in [-0.39, 0.29) is 18.0 Å². The maximum absolute atomic E-state index is 12.7. The Morgan fingerprint density at radius 2 is 1.79 bits per heavy atom. The minimum Gasteiger partial charge on any atom is -0.454 e. The highest BCUT2D eigenvalue weighted by atomic mass is 16.5. The molecule has 3 aromatic carbocycles. The van der Waals surface area contributed by atoms with Gasteiger partial charge >= 0.3 is 5.97 Å². The van der Waals surface area contributed by atoms with E-state index < -0.39 is 0 Å². The van der Waals surface area contributed by atoms with Crippen LogP contribution in [0.25, 0.3) is 0 Å². The summed E-state index contributed by atoms with van der Waals surface area (Å²) >= 11 is 0. The number of ether oxygens (including phenoxy) is 1. The first kappa shape index (κ1) is 18.0. The smallest absolute Gasteiger partial charge is 0.339 e. The van der Waals surface area contributed by atoms with Gasteiger partial charge < -0.3 is 10.1 Å². The van der Waals surface area contributed by atoms with Crippen LogP contribution in [0.2, 0.25) is 0 Å². The third-order valence-electron chi connectivity index (χ3n) is 5.04. The van der Waals surface area contributed by atoms with Crippen LogP contribution >= 0.6 is 0 Å². The molecule has 28 heavy (non-hydrogen) atoms. The number of rotatable bonds is 3. The molecule has 3 aromatic rings. The number of hydrogen-bond donors (Lipinski definition) is 1. The lowest BCUT2D eigenvalue weighted by Crippen LogP contribution is -2.23. The zero-order chi connectivity index (χ0) is 19.7. The number of amides is 1. The normalized spacial score (nSPS) is 15.5. The molecule has 0 saturated heterocycles. The molecule has 4 rings (SSSR count). The molecule has 0 spiro atoms. The van der Waals surface area contributed by atoms with Crippen LogP contribution in [0.3, 0.4) is 0 Å². The van der Waals surface area contributed by atoms with Gasteiger partial charge in [0.1, 0.15) is 6.10 Å². The van der Waals surface area contributed by atoms with Crippen molar-refractivity contribution in [2.24, 2.45) is 0 Å². The van der Waals surface area contributed by atoms with Crippen LogP contribution in [0.15, 0.2) is 66.7 Å². The number of carbonyl (C=O) groups is 2. The highest BCUT2D eigenvalue weighted by Gasteiger charge is 2.28. The van der Waals surface area contributed by atoms with Crippen molar-refractivity contribution in [1.82, 2.24) is 0 Å². The third-order valence-corrected chi connectivity index (χ3v) is 5.04. The first-order chi connectivity index (χ1) is 13.5. The summed E-state index contributed by atoms with van der Waals surface area (Å²) in [6.45, 7) is 3.99. The van der Waals surface area contributed by atoms with Gasteiger partial charge in [-0.1, -0.05) is 48.0 Å². The highest BCUT2D eigenvalue weighted by Crippen LogP contribution is 2.31. The lowest BCUT2D eigenvalue weighted by molar-refractivity contribution is 0.0252. The molecular formula is C24H21NO3. The average Bonchev–Trinajstić information content (AvgIpc) is 2.70. The van der Waals surface area contributed by atoms with Crippen LogP contribution in [-0.4, -0.2) is 11.9 Å². The van der Waals surface area contributed by atoms with E-state index in [0.29, 0.717) is 17.5 Å². The molecule has 0 saturated carbocycles. The van der Waals surface area contributed by atoms with Gasteiger partial charge in [0.05, 0.1) is 5.56 Å². The Labute approximate surface area is 164 Å². The van der Waals surface area contributed by atoms with Gasteiger partial charge in [0.2, 0.25) is 0 Å². The molecule has 0 aromatic heterocycles. The Morgan fingerprint density at radius 3 is 2.54 bits per heavy atom. The molecule has 0 unspecified atom stereocenters. The Bertz CT molecular complexity index is 1060. The van der Waals surface area contributed by atoms with Crippen molar-refractivity contribution in [2.45, 2.75) is 26.4 Å². The molecule has 0 fully saturated rings. The third kappa shape index (κ3) is 3.54. The van der Waals surface area contributed by atoms with Crippen LogP contribution in [0.1, 0.15) is 49.1 Å². The second-order valence-corrected chi connectivity index (χ2v) is 7.15. The number of fused-ring (bicyclic) bond motifs is 1. The number of anilines is 1. The quantitative estimate of drug-likeness (QED) is 0.659. The van der Waals surface area contributed by atoms with Crippen molar-refractivity contribution in [3.8, 4) is 0 Å². The molecule has 1 N–H and O–H groups in total. The summed E-state index contributed by atoms with van der Waals surface area (Å²) in [4.78, 5) is 25.1. The van der Waals surface area contributed by atoms with E-state index in [1.807, 2.05) is 62.4 Å². The summed E-state index contributed by atoms with van der Waals surface area (Å²) in [7, 11) is 0. The number of carbonyl (C=O) groups excluding carboxylic acids is 2. The lowest BCUT2D eigenvalue weighted by Gasteiger charge is -2.25. The van der Waals surface area contributed by atoms with Crippen LogP contribution in [-0.2, 0) is 11.2 Å². The van der Waals surface area contributed by atoms with Crippen LogP contribution in [0.4, 0.5) is 5.69 Å². The number of benzene rings is 3. The van der Waals surface area contributed by atoms with Gasteiger partial charge in [0.15, 0.2) is 0 Å². The van der Waals surface area contributed by atoms with Crippen molar-refractivity contribution in [3.63, 3.8) is 0 Å². The van der Waals surface area contributed by atoms with Crippen LogP contribution in [0, 0.1) is 13.8 Å². The summed E-state index contributed by atoms with van der Waals surface area (Å²) in [5.74, 6) is -0.540. The van der Waals surface area contributed by atoms with Gasteiger partial charge in [-0.2, -0.15) is 0 Å². The largest absolute Gasteiger partial charge is 0.454 e. The molecule has 1 amide bonds. The Balaban J connectivity index is 1.59. The Kier molecular flexibility index (Phi) is 4.70. The number of cyclic esters (lactones) is 1. The summed E-state index contributed by atoms with van der Waals surface area (Å²) in [5, 5.41) is 2.96. The molecule has 1 aliphatic rings. The van der Waals surface area contributed by atoms with Gasteiger partial charge in [-0.05, 0) is 54.8 Å². The maximum Gasteiger partial charge on any atom is 0.339 e. The predicted octanol–water partition coefficient (Wildman–Crippen LogP) is 5.01. The molecule has 4 heteroatoms. The molecule has 4 nitrogen and oxygen atoms in total. The highest BCUT2D eigenvalue weighted by molar-refractivity contribution is 6.05. The number of aryl methyl sites for hydroxylation is 2. The minimum atomic E-state index is -0.351. The average molecular weight is 371 g/mol. The lowest BCUT2D eigenvalue weighted by atomic mass is 9.93. The first-order valence-corrected chi connectivity index (χ1v) is 9.29. The fraction of sp³-hybridized carbons (Fsp3) is 0.167.